The summed E-state index contributed by atoms with van der Waals surface area (Å²) in [6.45, 7) is 3.65. The minimum Gasteiger partial charge on any atom is -0.481 e. The molecule has 1 N–H and O–H groups in total. The van der Waals surface area contributed by atoms with E-state index in [1.807, 2.05) is 13.8 Å². The van der Waals surface area contributed by atoms with Crippen LogP contribution in [0.25, 0.3) is 0 Å². The van der Waals surface area contributed by atoms with Gasteiger partial charge in [-0.3, -0.25) is 13.8 Å². The Morgan fingerprint density at radius 2 is 1.92 bits per heavy atom. The maximum atomic E-state index is 12.8. The van der Waals surface area contributed by atoms with Crippen LogP contribution in [0.1, 0.15) is 19.4 Å². The van der Waals surface area contributed by atoms with E-state index in [9.17, 15) is 13.8 Å². The molecule has 1 heterocycles. The van der Waals surface area contributed by atoms with Crippen molar-refractivity contribution in [1.29, 1.82) is 0 Å². The molecule has 0 spiro atoms. The van der Waals surface area contributed by atoms with Crippen molar-refractivity contribution in [3.05, 3.63) is 39.4 Å². The summed E-state index contributed by atoms with van der Waals surface area (Å²) in [7, 11) is -1.77. The van der Waals surface area contributed by atoms with Gasteiger partial charge in [0, 0.05) is 5.57 Å². The van der Waals surface area contributed by atoms with Crippen LogP contribution < -0.4 is 0 Å². The van der Waals surface area contributed by atoms with E-state index in [0.717, 1.165) is 0 Å². The van der Waals surface area contributed by atoms with Gasteiger partial charge in [0.25, 0.3) is 5.91 Å². The van der Waals surface area contributed by atoms with Gasteiger partial charge < -0.3 is 5.11 Å². The second-order valence-corrected chi connectivity index (χ2v) is 7.74. The second-order valence-electron chi connectivity index (χ2n) is 5.44. The lowest BCUT2D eigenvalue weighted by molar-refractivity contribution is -0.136. The van der Waals surface area contributed by atoms with Crippen molar-refractivity contribution in [3.8, 4) is 0 Å². The lowest BCUT2D eigenvalue weighted by Gasteiger charge is -2.17. The standard InChI is InChI=1S/C15H14Cl2N2O4S/c1-7(2)9-6-12(18-19-15(9)22)24(23)14-10(16)3-8(4-11(14)17)5-13(20)21/h3-4,6-7,12H,5H2,1-2H3,(H,20,21). The Morgan fingerprint density at radius 3 is 2.42 bits per heavy atom. The zero-order chi connectivity index (χ0) is 18.0. The summed E-state index contributed by atoms with van der Waals surface area (Å²) in [5, 5.41) is 15.4. The van der Waals surface area contributed by atoms with E-state index in [0.29, 0.717) is 11.1 Å². The van der Waals surface area contributed by atoms with Crippen LogP contribution in [0.2, 0.25) is 10.0 Å². The van der Waals surface area contributed by atoms with Gasteiger partial charge in [-0.15, -0.1) is 5.11 Å². The van der Waals surface area contributed by atoms with Crippen molar-refractivity contribution < 1.29 is 18.9 Å². The van der Waals surface area contributed by atoms with Crippen LogP contribution in [0.4, 0.5) is 0 Å². The highest BCUT2D eigenvalue weighted by Crippen LogP contribution is 2.33. The van der Waals surface area contributed by atoms with E-state index in [1.54, 1.807) is 0 Å². The molecule has 128 valence electrons. The first-order chi connectivity index (χ1) is 11.2. The maximum absolute atomic E-state index is 12.8. The first-order valence-electron chi connectivity index (χ1n) is 6.98. The van der Waals surface area contributed by atoms with E-state index in [2.05, 4.69) is 10.2 Å². The molecule has 6 nitrogen and oxygen atoms in total. The minimum absolute atomic E-state index is 0.0832. The molecule has 2 atom stereocenters. The van der Waals surface area contributed by atoms with E-state index < -0.39 is 28.0 Å². The normalized spacial score (nSPS) is 18.6. The Balaban J connectivity index is 2.38. The largest absolute Gasteiger partial charge is 0.481 e. The molecule has 1 amide bonds. The van der Waals surface area contributed by atoms with Gasteiger partial charge in [0.15, 0.2) is 5.37 Å². The SMILES string of the molecule is CC(C)C1=CC(S(=O)c2c(Cl)cc(CC(=O)O)cc2Cl)N=NC1=O. The van der Waals surface area contributed by atoms with Gasteiger partial charge in [-0.1, -0.05) is 37.0 Å². The van der Waals surface area contributed by atoms with Gasteiger partial charge in [-0.25, -0.2) is 0 Å². The number of carbonyl (C=O) groups excluding carboxylic acids is 1. The van der Waals surface area contributed by atoms with Crippen LogP contribution in [-0.4, -0.2) is 26.6 Å². The van der Waals surface area contributed by atoms with E-state index in [1.165, 1.54) is 18.2 Å². The zero-order valence-corrected chi connectivity index (χ0v) is 15.2. The first-order valence-corrected chi connectivity index (χ1v) is 8.94. The fraction of sp³-hybridized carbons (Fsp3) is 0.333. The summed E-state index contributed by atoms with van der Waals surface area (Å²) >= 11 is 12.3. The van der Waals surface area contributed by atoms with Crippen LogP contribution in [0, 0.1) is 5.92 Å². The van der Waals surface area contributed by atoms with Gasteiger partial charge in [-0.05, 0) is 29.7 Å². The van der Waals surface area contributed by atoms with Gasteiger partial charge in [0.2, 0.25) is 0 Å². The Hall–Kier alpha value is -1.57. The Bertz CT molecular complexity index is 767. The lowest BCUT2D eigenvalue weighted by Crippen LogP contribution is -2.19. The fourth-order valence-corrected chi connectivity index (χ4v) is 4.31. The number of aliphatic carboxylic acids is 1. The summed E-state index contributed by atoms with van der Waals surface area (Å²) in [6.07, 6.45) is 1.26. The third-order valence-corrected chi connectivity index (χ3v) is 5.62. The molecule has 0 radical (unpaired) electrons. The third-order valence-electron chi connectivity index (χ3n) is 3.29. The molecule has 1 aromatic rings. The number of carbonyl (C=O) groups is 2. The topological polar surface area (TPSA) is 96.2 Å². The van der Waals surface area contributed by atoms with Crippen molar-refractivity contribution in [2.75, 3.05) is 0 Å². The predicted octanol–water partition coefficient (Wildman–Crippen LogP) is 3.63. The molecule has 1 aliphatic rings. The molecule has 9 heteroatoms. The molecular weight excluding hydrogens is 375 g/mol. The number of benzene rings is 1. The predicted molar refractivity (Wildman–Crippen MR) is 90.8 cm³/mol. The maximum Gasteiger partial charge on any atom is 0.307 e. The summed E-state index contributed by atoms with van der Waals surface area (Å²) in [5.41, 5.74) is 0.829. The Labute approximate surface area is 151 Å². The zero-order valence-electron chi connectivity index (χ0n) is 12.8. The first kappa shape index (κ1) is 18.8. The molecule has 0 bridgehead atoms. The van der Waals surface area contributed by atoms with Crippen LogP contribution >= 0.6 is 23.2 Å². The van der Waals surface area contributed by atoms with E-state index in [4.69, 9.17) is 28.3 Å². The second kappa shape index (κ2) is 7.55. The Morgan fingerprint density at radius 1 is 1.33 bits per heavy atom. The molecule has 1 aliphatic heterocycles. The quantitative estimate of drug-likeness (QED) is 0.832. The molecule has 0 aliphatic carbocycles. The Kier molecular flexibility index (Phi) is 5.90. The molecule has 1 aromatic carbocycles. The number of carboxylic acids is 1. The molecule has 0 aromatic heterocycles. The molecule has 0 fully saturated rings. The summed E-state index contributed by atoms with van der Waals surface area (Å²) < 4.78 is 12.8. The van der Waals surface area contributed by atoms with Gasteiger partial charge >= 0.3 is 5.97 Å². The van der Waals surface area contributed by atoms with Gasteiger partial charge in [0.1, 0.15) is 0 Å². The number of azo groups is 1. The van der Waals surface area contributed by atoms with Crippen LogP contribution in [0.15, 0.2) is 38.9 Å². The number of hydrogen-bond acceptors (Lipinski definition) is 4. The number of rotatable bonds is 5. The van der Waals surface area contributed by atoms with Crippen LogP contribution in [-0.2, 0) is 26.8 Å². The van der Waals surface area contributed by atoms with Crippen LogP contribution in [0.3, 0.4) is 0 Å². The van der Waals surface area contributed by atoms with E-state index >= 15 is 0 Å². The highest BCUT2D eigenvalue weighted by Gasteiger charge is 2.28. The van der Waals surface area contributed by atoms with Gasteiger partial charge in [-0.2, -0.15) is 5.11 Å². The highest BCUT2D eigenvalue weighted by atomic mass is 35.5. The van der Waals surface area contributed by atoms with E-state index in [-0.39, 0.29) is 27.3 Å². The molecule has 0 saturated heterocycles. The molecule has 2 unspecified atom stereocenters. The van der Waals surface area contributed by atoms with Gasteiger partial charge in [0.05, 0.1) is 32.2 Å². The van der Waals surface area contributed by atoms with Crippen molar-refractivity contribution in [3.63, 3.8) is 0 Å². The van der Waals surface area contributed by atoms with Crippen molar-refractivity contribution >= 4 is 45.9 Å². The summed E-state index contributed by atoms with van der Waals surface area (Å²) in [6, 6.07) is 2.82. The monoisotopic (exact) mass is 388 g/mol. The summed E-state index contributed by atoms with van der Waals surface area (Å²) in [4.78, 5) is 22.6. The average molecular weight is 389 g/mol. The molecule has 0 saturated carbocycles. The van der Waals surface area contributed by atoms with Crippen LogP contribution in [0.5, 0.6) is 0 Å². The highest BCUT2D eigenvalue weighted by molar-refractivity contribution is 7.86. The third kappa shape index (κ3) is 4.09. The number of carboxylic acid groups (broad SMARTS) is 1. The molecular formula is C15H14Cl2N2O4S. The van der Waals surface area contributed by atoms with Crippen molar-refractivity contribution in [1.82, 2.24) is 0 Å². The number of hydrogen-bond donors (Lipinski definition) is 1. The summed E-state index contributed by atoms with van der Waals surface area (Å²) in [5.74, 6) is -1.56. The fourth-order valence-electron chi connectivity index (χ4n) is 2.17. The molecule has 2 rings (SSSR count). The molecule has 24 heavy (non-hydrogen) atoms. The smallest absolute Gasteiger partial charge is 0.307 e. The number of nitrogens with zero attached hydrogens (tertiary/aromatic N) is 2. The minimum atomic E-state index is -1.77. The van der Waals surface area contributed by atoms with Crippen molar-refractivity contribution in [2.45, 2.75) is 30.5 Å². The number of amides is 1. The number of halogens is 2. The van der Waals surface area contributed by atoms with Crippen molar-refractivity contribution in [2.24, 2.45) is 16.1 Å². The lowest BCUT2D eigenvalue weighted by atomic mass is 10.0. The average Bonchev–Trinajstić information content (AvgIpc) is 2.45.